The van der Waals surface area contributed by atoms with Crippen LogP contribution >= 0.6 is 47.4 Å². The summed E-state index contributed by atoms with van der Waals surface area (Å²) in [7, 11) is 1.92. The summed E-state index contributed by atoms with van der Waals surface area (Å²) in [5.74, 6) is 0.573. The van der Waals surface area contributed by atoms with Gasteiger partial charge in [-0.3, -0.25) is 4.79 Å². The molecule has 1 aliphatic rings. The summed E-state index contributed by atoms with van der Waals surface area (Å²) in [5.41, 5.74) is 0. The fourth-order valence-corrected chi connectivity index (χ4v) is 3.80. The number of likely N-dealkylation sites (tertiary alicyclic amines) is 1. The van der Waals surface area contributed by atoms with Crippen molar-refractivity contribution in [2.24, 2.45) is 0 Å². The zero-order chi connectivity index (χ0) is 14.5. The Morgan fingerprint density at radius 2 is 2.24 bits per heavy atom. The van der Waals surface area contributed by atoms with Gasteiger partial charge in [0.05, 0.1) is 10.8 Å². The van der Waals surface area contributed by atoms with Crippen LogP contribution in [0.2, 0.25) is 10.0 Å². The topological polar surface area (TPSA) is 32.3 Å². The maximum absolute atomic E-state index is 12.3. The van der Waals surface area contributed by atoms with E-state index in [0.717, 1.165) is 30.8 Å². The van der Waals surface area contributed by atoms with E-state index in [4.69, 9.17) is 23.2 Å². The second kappa shape index (κ2) is 9.11. The fraction of sp³-hybridized carbons (Fsp3) is 0.500. The van der Waals surface area contributed by atoms with Crippen LogP contribution in [0.25, 0.3) is 0 Å². The number of rotatable bonds is 5. The summed E-state index contributed by atoms with van der Waals surface area (Å²) >= 11 is 13.5. The molecular formula is C14H19Cl3N2OS. The van der Waals surface area contributed by atoms with Crippen molar-refractivity contribution in [3.63, 3.8) is 0 Å². The first-order valence-electron chi connectivity index (χ1n) is 6.63. The molecular weight excluding hydrogens is 351 g/mol. The summed E-state index contributed by atoms with van der Waals surface area (Å²) < 4.78 is 0. The molecule has 21 heavy (non-hydrogen) atoms. The molecule has 1 amide bonds. The monoisotopic (exact) mass is 368 g/mol. The quantitative estimate of drug-likeness (QED) is 0.803. The van der Waals surface area contributed by atoms with Gasteiger partial charge in [-0.2, -0.15) is 0 Å². The van der Waals surface area contributed by atoms with Gasteiger partial charge in [0.15, 0.2) is 0 Å². The van der Waals surface area contributed by atoms with Crippen molar-refractivity contribution in [2.75, 3.05) is 25.9 Å². The number of hydrogen-bond donors (Lipinski definition) is 1. The van der Waals surface area contributed by atoms with E-state index in [1.807, 2.05) is 11.9 Å². The highest BCUT2D eigenvalue weighted by Gasteiger charge is 2.27. The van der Waals surface area contributed by atoms with Crippen LogP contribution in [-0.2, 0) is 4.79 Å². The maximum Gasteiger partial charge on any atom is 0.233 e. The minimum atomic E-state index is 0. The Kier molecular flexibility index (Phi) is 8.21. The molecule has 1 aromatic carbocycles. The standard InChI is InChI=1S/C14H18Cl2N2OS.ClH/c1-17-8-11-3-2-6-18(11)14(19)9-20-13-7-10(15)4-5-12(13)16;/h4-5,7,11,17H,2-3,6,8-9H2,1H3;1H. The lowest BCUT2D eigenvalue weighted by atomic mass is 10.2. The summed E-state index contributed by atoms with van der Waals surface area (Å²) in [5, 5.41) is 4.42. The molecule has 1 N–H and O–H groups in total. The van der Waals surface area contributed by atoms with Crippen LogP contribution in [0.4, 0.5) is 0 Å². The first-order chi connectivity index (χ1) is 9.61. The molecule has 0 bridgehead atoms. The third-order valence-corrected chi connectivity index (χ3v) is 5.10. The zero-order valence-electron chi connectivity index (χ0n) is 11.8. The van der Waals surface area contributed by atoms with Gasteiger partial charge in [-0.25, -0.2) is 0 Å². The van der Waals surface area contributed by atoms with Crippen LogP contribution in [0.15, 0.2) is 23.1 Å². The van der Waals surface area contributed by atoms with Crippen molar-refractivity contribution in [3.8, 4) is 0 Å². The van der Waals surface area contributed by atoms with Crippen LogP contribution in [0.5, 0.6) is 0 Å². The molecule has 1 heterocycles. The summed E-state index contributed by atoms with van der Waals surface area (Å²) in [6.07, 6.45) is 2.16. The second-order valence-corrected chi connectivity index (χ2v) is 6.67. The first-order valence-corrected chi connectivity index (χ1v) is 8.38. The number of carbonyl (C=O) groups excluding carboxylic acids is 1. The molecule has 0 spiro atoms. The highest BCUT2D eigenvalue weighted by atomic mass is 35.5. The third kappa shape index (κ3) is 5.22. The number of benzene rings is 1. The average molecular weight is 370 g/mol. The fourth-order valence-electron chi connectivity index (χ4n) is 2.42. The van der Waals surface area contributed by atoms with Gasteiger partial charge in [0.25, 0.3) is 0 Å². The summed E-state index contributed by atoms with van der Waals surface area (Å²) in [6, 6.07) is 5.63. The van der Waals surface area contributed by atoms with Crippen molar-refractivity contribution in [1.82, 2.24) is 10.2 Å². The van der Waals surface area contributed by atoms with Crippen molar-refractivity contribution < 1.29 is 4.79 Å². The highest BCUT2D eigenvalue weighted by Crippen LogP contribution is 2.30. The third-order valence-electron chi connectivity index (χ3n) is 3.38. The summed E-state index contributed by atoms with van der Waals surface area (Å²) in [4.78, 5) is 15.1. The Hall–Kier alpha value is -0.130. The lowest BCUT2D eigenvalue weighted by molar-refractivity contribution is -0.129. The van der Waals surface area contributed by atoms with Crippen LogP contribution in [0.1, 0.15) is 12.8 Å². The Balaban J connectivity index is 0.00000220. The smallest absolute Gasteiger partial charge is 0.233 e. The van der Waals surface area contributed by atoms with Crippen LogP contribution < -0.4 is 5.32 Å². The average Bonchev–Trinajstić information content (AvgIpc) is 2.88. The number of likely N-dealkylation sites (N-methyl/N-ethyl adjacent to an activating group) is 1. The van der Waals surface area contributed by atoms with E-state index in [1.54, 1.807) is 18.2 Å². The molecule has 1 aliphatic heterocycles. The van der Waals surface area contributed by atoms with Crippen LogP contribution in [-0.4, -0.2) is 42.7 Å². The number of amides is 1. The molecule has 3 nitrogen and oxygen atoms in total. The van der Waals surface area contributed by atoms with Gasteiger partial charge in [0.2, 0.25) is 5.91 Å². The van der Waals surface area contributed by atoms with E-state index in [0.29, 0.717) is 21.8 Å². The number of nitrogens with zero attached hydrogens (tertiary/aromatic N) is 1. The van der Waals surface area contributed by atoms with E-state index in [9.17, 15) is 4.79 Å². The molecule has 2 rings (SSSR count). The predicted molar refractivity (Wildman–Crippen MR) is 93.1 cm³/mol. The van der Waals surface area contributed by atoms with Gasteiger partial charge in [-0.1, -0.05) is 23.2 Å². The van der Waals surface area contributed by atoms with Crippen LogP contribution in [0.3, 0.4) is 0 Å². The Morgan fingerprint density at radius 1 is 1.48 bits per heavy atom. The minimum absolute atomic E-state index is 0. The molecule has 1 saturated heterocycles. The van der Waals surface area contributed by atoms with Crippen molar-refractivity contribution in [3.05, 3.63) is 28.2 Å². The molecule has 7 heteroatoms. The van der Waals surface area contributed by atoms with Crippen molar-refractivity contribution in [1.29, 1.82) is 0 Å². The first kappa shape index (κ1) is 18.9. The highest BCUT2D eigenvalue weighted by molar-refractivity contribution is 8.00. The molecule has 1 fully saturated rings. The molecule has 0 aromatic heterocycles. The molecule has 118 valence electrons. The number of hydrogen-bond acceptors (Lipinski definition) is 3. The minimum Gasteiger partial charge on any atom is -0.338 e. The van der Waals surface area contributed by atoms with E-state index < -0.39 is 0 Å². The van der Waals surface area contributed by atoms with Gasteiger partial charge in [-0.05, 0) is 38.1 Å². The van der Waals surface area contributed by atoms with Crippen molar-refractivity contribution >= 4 is 53.3 Å². The summed E-state index contributed by atoms with van der Waals surface area (Å²) in [6.45, 7) is 1.71. The number of thioether (sulfide) groups is 1. The second-order valence-electron chi connectivity index (χ2n) is 4.80. The largest absolute Gasteiger partial charge is 0.338 e. The molecule has 0 saturated carbocycles. The lowest BCUT2D eigenvalue weighted by Crippen LogP contribution is -2.41. The maximum atomic E-state index is 12.3. The number of nitrogens with one attached hydrogen (secondary N) is 1. The number of halogens is 3. The van der Waals surface area contributed by atoms with Gasteiger partial charge in [-0.15, -0.1) is 24.2 Å². The Morgan fingerprint density at radius 3 is 2.95 bits per heavy atom. The predicted octanol–water partition coefficient (Wildman–Crippen LogP) is 3.72. The van der Waals surface area contributed by atoms with Gasteiger partial charge >= 0.3 is 0 Å². The van der Waals surface area contributed by atoms with E-state index >= 15 is 0 Å². The van der Waals surface area contributed by atoms with Gasteiger partial charge < -0.3 is 10.2 Å². The molecule has 1 atom stereocenters. The molecule has 0 aliphatic carbocycles. The SMILES string of the molecule is CNCC1CCCN1C(=O)CSc1cc(Cl)ccc1Cl.Cl. The van der Waals surface area contributed by atoms with E-state index in [-0.39, 0.29) is 18.3 Å². The Bertz CT molecular complexity index is 487. The van der Waals surface area contributed by atoms with Gasteiger partial charge in [0, 0.05) is 29.0 Å². The van der Waals surface area contributed by atoms with Crippen LogP contribution in [0, 0.1) is 0 Å². The molecule has 0 radical (unpaired) electrons. The van der Waals surface area contributed by atoms with E-state index in [2.05, 4.69) is 5.32 Å². The van der Waals surface area contributed by atoms with E-state index in [1.165, 1.54) is 11.8 Å². The Labute approximate surface area is 146 Å². The molecule has 1 unspecified atom stereocenters. The normalized spacial score (nSPS) is 17.7. The molecule has 1 aromatic rings. The number of carbonyl (C=O) groups is 1. The zero-order valence-corrected chi connectivity index (χ0v) is 14.9. The van der Waals surface area contributed by atoms with Crippen molar-refractivity contribution in [2.45, 2.75) is 23.8 Å². The lowest BCUT2D eigenvalue weighted by Gasteiger charge is -2.24. The van der Waals surface area contributed by atoms with Gasteiger partial charge in [0.1, 0.15) is 0 Å².